The number of halogens is 1. The van der Waals surface area contributed by atoms with Crippen LogP contribution in [-0.4, -0.2) is 25.3 Å². The summed E-state index contributed by atoms with van der Waals surface area (Å²) in [6.45, 7) is 1.69. The Morgan fingerprint density at radius 2 is 2.04 bits per heavy atom. The maximum atomic E-state index is 12.8. The smallest absolute Gasteiger partial charge is 0.280 e. The number of ether oxygens (including phenoxy) is 2. The molecule has 1 heterocycles. The SMILES string of the molecule is COc1cc(C=C2C(=O)N(c3ccccc3Cl)N=C2C)ccc1OCC#N. The molecule has 0 radical (unpaired) electrons. The highest BCUT2D eigenvalue weighted by molar-refractivity contribution is 6.37. The second-order valence-corrected chi connectivity index (χ2v) is 6.08. The first kappa shape index (κ1) is 18.5. The fraction of sp³-hybridized carbons (Fsp3) is 0.150. The molecule has 2 aromatic carbocycles. The van der Waals surface area contributed by atoms with Crippen LogP contribution >= 0.6 is 11.6 Å². The molecule has 1 amide bonds. The van der Waals surface area contributed by atoms with E-state index in [1.54, 1.807) is 55.5 Å². The number of anilines is 1. The summed E-state index contributed by atoms with van der Waals surface area (Å²) in [4.78, 5) is 12.8. The zero-order valence-corrected chi connectivity index (χ0v) is 15.5. The second kappa shape index (κ2) is 7.94. The number of hydrogen-bond donors (Lipinski definition) is 0. The van der Waals surface area contributed by atoms with E-state index in [9.17, 15) is 4.79 Å². The van der Waals surface area contributed by atoms with E-state index in [0.29, 0.717) is 33.5 Å². The Kier molecular flexibility index (Phi) is 5.43. The van der Waals surface area contributed by atoms with E-state index in [2.05, 4.69) is 5.10 Å². The van der Waals surface area contributed by atoms with E-state index in [4.69, 9.17) is 26.3 Å². The van der Waals surface area contributed by atoms with Crippen LogP contribution in [0.3, 0.4) is 0 Å². The van der Waals surface area contributed by atoms with E-state index in [-0.39, 0.29) is 12.5 Å². The van der Waals surface area contributed by atoms with E-state index < -0.39 is 0 Å². The van der Waals surface area contributed by atoms with Gasteiger partial charge in [0.05, 0.1) is 29.1 Å². The predicted octanol–water partition coefficient (Wildman–Crippen LogP) is 4.06. The molecule has 3 rings (SSSR count). The van der Waals surface area contributed by atoms with Gasteiger partial charge in [-0.15, -0.1) is 0 Å². The van der Waals surface area contributed by atoms with Crippen molar-refractivity contribution in [3.05, 3.63) is 58.6 Å². The Morgan fingerprint density at radius 1 is 1.26 bits per heavy atom. The monoisotopic (exact) mass is 381 g/mol. The van der Waals surface area contributed by atoms with Crippen LogP contribution in [0.15, 0.2) is 53.1 Å². The van der Waals surface area contributed by atoms with Crippen LogP contribution in [0.5, 0.6) is 11.5 Å². The molecule has 0 atom stereocenters. The largest absolute Gasteiger partial charge is 0.493 e. The summed E-state index contributed by atoms with van der Waals surface area (Å²) in [5, 5.41) is 14.7. The van der Waals surface area contributed by atoms with Gasteiger partial charge in [-0.25, -0.2) is 0 Å². The Bertz CT molecular complexity index is 992. The first-order chi connectivity index (χ1) is 13.0. The van der Waals surface area contributed by atoms with Gasteiger partial charge in [0.2, 0.25) is 0 Å². The third-order valence-electron chi connectivity index (χ3n) is 3.93. The number of para-hydroxylation sites is 1. The average Bonchev–Trinajstić information content (AvgIpc) is 2.95. The minimum Gasteiger partial charge on any atom is -0.493 e. The van der Waals surface area contributed by atoms with Gasteiger partial charge in [0.15, 0.2) is 18.1 Å². The minimum absolute atomic E-state index is 0.0756. The standard InChI is InChI=1S/C20H16ClN3O3/c1-13-15(20(25)24(23-13)17-6-4-3-5-16(17)21)11-14-7-8-18(27-10-9-22)19(12-14)26-2/h3-8,11-12H,10H2,1-2H3. The zero-order valence-electron chi connectivity index (χ0n) is 14.8. The van der Waals surface area contributed by atoms with Crippen LogP contribution < -0.4 is 14.5 Å². The number of nitriles is 1. The van der Waals surface area contributed by atoms with Gasteiger partial charge in [-0.3, -0.25) is 4.79 Å². The van der Waals surface area contributed by atoms with Gasteiger partial charge in [-0.1, -0.05) is 29.8 Å². The minimum atomic E-state index is -0.260. The second-order valence-electron chi connectivity index (χ2n) is 5.67. The lowest BCUT2D eigenvalue weighted by molar-refractivity contribution is -0.114. The molecule has 7 heteroatoms. The highest BCUT2D eigenvalue weighted by atomic mass is 35.5. The summed E-state index contributed by atoms with van der Waals surface area (Å²) in [7, 11) is 1.51. The molecule has 1 aliphatic heterocycles. The Morgan fingerprint density at radius 3 is 2.74 bits per heavy atom. The van der Waals surface area contributed by atoms with Gasteiger partial charge in [0.1, 0.15) is 6.07 Å². The molecule has 1 aliphatic rings. The highest BCUT2D eigenvalue weighted by Crippen LogP contribution is 2.32. The van der Waals surface area contributed by atoms with Crippen LogP contribution in [0, 0.1) is 11.3 Å². The van der Waals surface area contributed by atoms with Gasteiger partial charge in [-0.05, 0) is 42.8 Å². The number of hydrazone groups is 1. The Balaban J connectivity index is 1.92. The molecule has 136 valence electrons. The molecule has 0 aromatic heterocycles. The molecule has 0 saturated heterocycles. The number of methoxy groups -OCH3 is 1. The molecule has 2 aromatic rings. The maximum Gasteiger partial charge on any atom is 0.280 e. The molecule has 0 saturated carbocycles. The van der Waals surface area contributed by atoms with Gasteiger partial charge in [0.25, 0.3) is 5.91 Å². The third kappa shape index (κ3) is 3.78. The van der Waals surface area contributed by atoms with Crippen molar-refractivity contribution in [1.82, 2.24) is 0 Å². The lowest BCUT2D eigenvalue weighted by Crippen LogP contribution is -2.21. The number of amides is 1. The van der Waals surface area contributed by atoms with Crippen LogP contribution in [-0.2, 0) is 4.79 Å². The van der Waals surface area contributed by atoms with Gasteiger partial charge < -0.3 is 9.47 Å². The van der Waals surface area contributed by atoms with Crippen molar-refractivity contribution in [3.8, 4) is 17.6 Å². The van der Waals surface area contributed by atoms with E-state index in [1.807, 2.05) is 6.07 Å². The molecule has 0 spiro atoms. The summed E-state index contributed by atoms with van der Waals surface area (Å²) < 4.78 is 10.6. The number of carbonyl (C=O) groups is 1. The number of carbonyl (C=O) groups excluding carboxylic acids is 1. The highest BCUT2D eigenvalue weighted by Gasteiger charge is 2.29. The maximum absolute atomic E-state index is 12.8. The number of rotatable bonds is 5. The lowest BCUT2D eigenvalue weighted by Gasteiger charge is -2.13. The fourth-order valence-electron chi connectivity index (χ4n) is 2.64. The molecule has 0 bridgehead atoms. The third-order valence-corrected chi connectivity index (χ3v) is 4.25. The summed E-state index contributed by atoms with van der Waals surface area (Å²) in [6, 6.07) is 14.2. The van der Waals surface area contributed by atoms with Crippen molar-refractivity contribution < 1.29 is 14.3 Å². The molecule has 0 unspecified atom stereocenters. The molecular formula is C20H16ClN3O3. The normalized spacial score (nSPS) is 14.9. The van der Waals surface area contributed by atoms with Crippen molar-refractivity contribution in [1.29, 1.82) is 5.26 Å². The van der Waals surface area contributed by atoms with Crippen molar-refractivity contribution in [3.63, 3.8) is 0 Å². The number of nitrogens with zero attached hydrogens (tertiary/aromatic N) is 3. The molecule has 6 nitrogen and oxygen atoms in total. The Hall–Kier alpha value is -3.30. The van der Waals surface area contributed by atoms with Crippen molar-refractivity contribution in [2.24, 2.45) is 5.10 Å². The van der Waals surface area contributed by atoms with Gasteiger partial charge in [0, 0.05) is 0 Å². The van der Waals surface area contributed by atoms with Crippen LogP contribution in [0.1, 0.15) is 12.5 Å². The molecular weight excluding hydrogens is 366 g/mol. The average molecular weight is 382 g/mol. The van der Waals surface area contributed by atoms with Gasteiger partial charge >= 0.3 is 0 Å². The summed E-state index contributed by atoms with van der Waals surface area (Å²) >= 11 is 6.19. The molecule has 0 fully saturated rings. The first-order valence-corrected chi connectivity index (χ1v) is 8.47. The van der Waals surface area contributed by atoms with Crippen LogP contribution in [0.2, 0.25) is 5.02 Å². The first-order valence-electron chi connectivity index (χ1n) is 8.09. The quantitative estimate of drug-likeness (QED) is 0.732. The predicted molar refractivity (Wildman–Crippen MR) is 104 cm³/mol. The van der Waals surface area contributed by atoms with Crippen LogP contribution in [0.25, 0.3) is 6.08 Å². The van der Waals surface area contributed by atoms with E-state index in [0.717, 1.165) is 5.56 Å². The summed E-state index contributed by atoms with van der Waals surface area (Å²) in [5.74, 6) is 0.675. The van der Waals surface area contributed by atoms with Crippen molar-refractivity contribution in [2.45, 2.75) is 6.92 Å². The van der Waals surface area contributed by atoms with E-state index >= 15 is 0 Å². The molecule has 27 heavy (non-hydrogen) atoms. The van der Waals surface area contributed by atoms with Gasteiger partial charge in [-0.2, -0.15) is 15.4 Å². The van der Waals surface area contributed by atoms with Crippen LogP contribution in [0.4, 0.5) is 5.69 Å². The summed E-state index contributed by atoms with van der Waals surface area (Å²) in [6.07, 6.45) is 1.73. The van der Waals surface area contributed by atoms with E-state index in [1.165, 1.54) is 12.1 Å². The van der Waals surface area contributed by atoms with Crippen molar-refractivity contribution in [2.75, 3.05) is 18.7 Å². The topological polar surface area (TPSA) is 74.9 Å². The number of benzene rings is 2. The fourth-order valence-corrected chi connectivity index (χ4v) is 2.86. The molecule has 0 N–H and O–H groups in total. The lowest BCUT2D eigenvalue weighted by atomic mass is 10.1. The molecule has 0 aliphatic carbocycles. The summed E-state index contributed by atoms with van der Waals surface area (Å²) in [5.41, 5.74) is 2.33. The Labute approximate surface area is 161 Å². The van der Waals surface area contributed by atoms with Crippen molar-refractivity contribution >= 4 is 35.0 Å². The zero-order chi connectivity index (χ0) is 19.4. The number of hydrogen-bond acceptors (Lipinski definition) is 5.